The summed E-state index contributed by atoms with van der Waals surface area (Å²) in [5.74, 6) is 0.590. The minimum absolute atomic E-state index is 0.271. The van der Waals surface area contributed by atoms with Crippen molar-refractivity contribution in [2.45, 2.75) is 38.5 Å². The number of hydrogen-bond acceptors (Lipinski definition) is 5. The number of benzene rings is 8. The highest BCUT2D eigenvalue weighted by Gasteiger charge is 2.49. The quantitative estimate of drug-likeness (QED) is 0.133. The standard InChI is InChI=1S/C28H19NO.C21H15BrO.C7H6BNO2/c1-29-24-10-4-7-19(13-24)20-11-12-21-15-28(27(30)25(21)14-20)16-22-8-2-5-18-6-3-9-23(17-28)26(18)22;22-17-8-7-14-10-21(20(23)18(14)9-17)11-15-5-1-3-13-4-2-6-16(12-21)19(13)15;9-5-6-2-1-3-7(4-6)8(10)11/h2-14H,15-17H2;1-9H,10-12H2;1-4,10-11H. The number of fused-ring (bicyclic) bond motifs is 2. The number of hydrogen-bond donors (Lipinski definition) is 2. The summed E-state index contributed by atoms with van der Waals surface area (Å²) in [6, 6.07) is 53.9. The van der Waals surface area contributed by atoms with Gasteiger partial charge in [-0.25, -0.2) is 4.85 Å². The molecule has 0 atom stereocenters. The predicted molar refractivity (Wildman–Crippen MR) is 257 cm³/mol. The van der Waals surface area contributed by atoms with E-state index in [1.165, 1.54) is 55.4 Å². The molecule has 0 bridgehead atoms. The Hall–Kier alpha value is -6.94. The van der Waals surface area contributed by atoms with Crippen molar-refractivity contribution in [3.8, 4) is 17.2 Å². The molecule has 6 nitrogen and oxygen atoms in total. The molecule has 0 heterocycles. The number of carbonyl (C=O) groups excluding carboxylic acids is 2. The van der Waals surface area contributed by atoms with Crippen LogP contribution in [0.4, 0.5) is 5.69 Å². The topological polar surface area (TPSA) is 103 Å². The Morgan fingerprint density at radius 1 is 0.547 bits per heavy atom. The minimum Gasteiger partial charge on any atom is -0.423 e. The van der Waals surface area contributed by atoms with Crippen LogP contribution in [0, 0.1) is 28.7 Å². The van der Waals surface area contributed by atoms with Gasteiger partial charge in [0.1, 0.15) is 0 Å². The van der Waals surface area contributed by atoms with Crippen LogP contribution >= 0.6 is 15.9 Å². The van der Waals surface area contributed by atoms with Gasteiger partial charge in [0, 0.05) is 26.4 Å². The van der Waals surface area contributed by atoms with Crippen molar-refractivity contribution >= 4 is 67.3 Å². The van der Waals surface area contributed by atoms with E-state index < -0.39 is 7.12 Å². The van der Waals surface area contributed by atoms with Gasteiger partial charge >= 0.3 is 7.12 Å². The van der Waals surface area contributed by atoms with Gasteiger partial charge in [0.25, 0.3) is 0 Å². The van der Waals surface area contributed by atoms with E-state index in [9.17, 15) is 9.59 Å². The fraction of sp³-hybridized carbons (Fsp3) is 0.143. The lowest BCUT2D eigenvalue weighted by Crippen LogP contribution is -2.35. The first kappa shape index (κ1) is 41.1. The molecule has 8 aromatic carbocycles. The molecule has 0 fully saturated rings. The molecule has 0 aromatic heterocycles. The number of carbonyl (C=O) groups is 2. The van der Waals surface area contributed by atoms with Crippen molar-refractivity contribution in [1.82, 2.24) is 0 Å². The van der Waals surface area contributed by atoms with Gasteiger partial charge in [-0.3, -0.25) is 9.59 Å². The summed E-state index contributed by atoms with van der Waals surface area (Å²) in [4.78, 5) is 30.5. The van der Waals surface area contributed by atoms with E-state index in [1.807, 2.05) is 48.5 Å². The number of nitrogens with zero attached hydrogens (tertiary/aromatic N) is 2. The van der Waals surface area contributed by atoms with Gasteiger partial charge < -0.3 is 10.0 Å². The van der Waals surface area contributed by atoms with E-state index in [-0.39, 0.29) is 16.6 Å². The number of nitriles is 1. The Kier molecular flexibility index (Phi) is 10.5. The van der Waals surface area contributed by atoms with Gasteiger partial charge in [-0.05, 0) is 146 Å². The van der Waals surface area contributed by atoms with Crippen LogP contribution in [-0.4, -0.2) is 28.7 Å². The molecule has 0 aliphatic heterocycles. The second-order valence-corrected chi connectivity index (χ2v) is 18.5. The Labute approximate surface area is 380 Å². The van der Waals surface area contributed by atoms with Crippen molar-refractivity contribution in [2.75, 3.05) is 0 Å². The van der Waals surface area contributed by atoms with Crippen LogP contribution < -0.4 is 5.46 Å². The van der Waals surface area contributed by atoms with Crippen LogP contribution in [0.25, 0.3) is 37.5 Å². The van der Waals surface area contributed by atoms with Crippen molar-refractivity contribution in [1.29, 1.82) is 5.26 Å². The first-order chi connectivity index (χ1) is 31.1. The zero-order valence-corrected chi connectivity index (χ0v) is 36.4. The lowest BCUT2D eigenvalue weighted by atomic mass is 9.68. The van der Waals surface area contributed by atoms with E-state index >= 15 is 0 Å². The molecule has 2 N–H and O–H groups in total. The van der Waals surface area contributed by atoms with E-state index in [0.29, 0.717) is 22.5 Å². The highest BCUT2D eigenvalue weighted by Crippen LogP contribution is 2.49. The van der Waals surface area contributed by atoms with Gasteiger partial charge in [-0.15, -0.1) is 0 Å². The van der Waals surface area contributed by atoms with Gasteiger partial charge in [-0.2, -0.15) is 5.26 Å². The molecule has 12 rings (SSSR count). The highest BCUT2D eigenvalue weighted by molar-refractivity contribution is 9.10. The lowest BCUT2D eigenvalue weighted by Gasteiger charge is -2.33. The fourth-order valence-electron chi connectivity index (χ4n) is 10.8. The molecule has 8 heteroatoms. The first-order valence-electron chi connectivity index (χ1n) is 21.4. The maximum atomic E-state index is 13.8. The normalized spacial score (nSPS) is 15.3. The van der Waals surface area contributed by atoms with Gasteiger partial charge in [0.05, 0.1) is 18.2 Å². The van der Waals surface area contributed by atoms with Crippen LogP contribution in [0.5, 0.6) is 0 Å². The van der Waals surface area contributed by atoms with Gasteiger partial charge in [0.2, 0.25) is 0 Å². The first-order valence-corrected chi connectivity index (χ1v) is 22.2. The molecule has 4 aliphatic carbocycles. The lowest BCUT2D eigenvalue weighted by molar-refractivity contribution is 0.0808. The van der Waals surface area contributed by atoms with Crippen molar-refractivity contribution < 1.29 is 19.6 Å². The fourth-order valence-corrected chi connectivity index (χ4v) is 11.1. The molecule has 0 saturated carbocycles. The maximum absolute atomic E-state index is 13.8. The zero-order chi connectivity index (χ0) is 44.2. The molecule has 0 saturated heterocycles. The van der Waals surface area contributed by atoms with E-state index in [4.69, 9.17) is 21.9 Å². The Bertz CT molecular complexity index is 3240. The van der Waals surface area contributed by atoms with Gasteiger partial charge in [0.15, 0.2) is 17.3 Å². The molecule has 64 heavy (non-hydrogen) atoms. The van der Waals surface area contributed by atoms with Crippen molar-refractivity contribution in [3.05, 3.63) is 224 Å². The highest BCUT2D eigenvalue weighted by atomic mass is 79.9. The Morgan fingerprint density at radius 3 is 1.53 bits per heavy atom. The molecule has 0 radical (unpaired) electrons. The summed E-state index contributed by atoms with van der Waals surface area (Å²) in [6.07, 6.45) is 4.97. The molecular formula is C56H40BBrN2O4. The van der Waals surface area contributed by atoms with E-state index in [0.717, 1.165) is 70.8 Å². The third-order valence-electron chi connectivity index (χ3n) is 13.6. The molecule has 308 valence electrons. The summed E-state index contributed by atoms with van der Waals surface area (Å²) >= 11 is 3.50. The molecule has 4 aliphatic rings. The smallest absolute Gasteiger partial charge is 0.423 e. The average molecular weight is 896 g/mol. The average Bonchev–Trinajstić information content (AvgIpc) is 3.73. The molecule has 0 unspecified atom stereocenters. The molecule has 0 amide bonds. The van der Waals surface area contributed by atoms with Crippen LogP contribution in [0.1, 0.15) is 59.7 Å². The largest absolute Gasteiger partial charge is 0.488 e. The van der Waals surface area contributed by atoms with E-state index in [2.05, 4.69) is 112 Å². The summed E-state index contributed by atoms with van der Waals surface area (Å²) in [6.45, 7) is 7.26. The predicted octanol–water partition coefficient (Wildman–Crippen LogP) is 10.9. The number of rotatable bonds is 2. The molecule has 2 spiro atoms. The second-order valence-electron chi connectivity index (χ2n) is 17.6. The van der Waals surface area contributed by atoms with Crippen LogP contribution in [0.2, 0.25) is 0 Å². The van der Waals surface area contributed by atoms with Crippen LogP contribution in [0.3, 0.4) is 0 Å². The van der Waals surface area contributed by atoms with Crippen molar-refractivity contribution in [2.24, 2.45) is 10.8 Å². The molecular weight excluding hydrogens is 855 g/mol. The minimum atomic E-state index is -1.50. The number of Topliss-reactive ketones (excluding diaryl/α,β-unsaturated/α-hetero) is 2. The monoisotopic (exact) mass is 894 g/mol. The third kappa shape index (κ3) is 7.24. The van der Waals surface area contributed by atoms with Crippen LogP contribution in [0.15, 0.2) is 162 Å². The summed E-state index contributed by atoms with van der Waals surface area (Å²) in [7, 11) is -1.50. The summed E-state index contributed by atoms with van der Waals surface area (Å²) in [5.41, 5.74) is 12.1. The van der Waals surface area contributed by atoms with Gasteiger partial charge in [-0.1, -0.05) is 137 Å². The van der Waals surface area contributed by atoms with Crippen molar-refractivity contribution in [3.63, 3.8) is 0 Å². The van der Waals surface area contributed by atoms with Crippen LogP contribution in [-0.2, 0) is 38.5 Å². The van der Waals surface area contributed by atoms with E-state index in [1.54, 1.807) is 18.2 Å². The summed E-state index contributed by atoms with van der Waals surface area (Å²) in [5, 5.41) is 31.1. The zero-order valence-electron chi connectivity index (χ0n) is 34.8. The number of halogens is 1. The molecule has 8 aromatic rings. The SMILES string of the molecule is N#Cc1cccc(B(O)O)c1.O=C1c2cc(Br)ccc2CC12Cc1cccc3cccc(c13)C2.[C-]#[N+]c1cccc(-c2ccc3c(c2)C(=O)C2(C3)Cc3cccc4cccc(c34)C2)c1. The second kappa shape index (κ2) is 16.3. The number of ketones is 2. The maximum Gasteiger partial charge on any atom is 0.488 e. The Balaban J connectivity index is 0.000000126. The Morgan fingerprint density at radius 2 is 1.02 bits per heavy atom. The summed E-state index contributed by atoms with van der Waals surface area (Å²) < 4.78 is 0.986. The third-order valence-corrected chi connectivity index (χ3v) is 14.1.